The van der Waals surface area contributed by atoms with Gasteiger partial charge in [-0.25, -0.2) is 4.79 Å². The second-order valence-corrected chi connectivity index (χ2v) is 4.93. The van der Waals surface area contributed by atoms with Gasteiger partial charge in [0.25, 0.3) is 0 Å². The molecule has 0 heterocycles. The minimum atomic E-state index is -0.675. The molecule has 0 fully saturated rings. The number of phenolic OH excluding ortho intramolecular Hbond substituents is 1. The van der Waals surface area contributed by atoms with Gasteiger partial charge in [-0.3, -0.25) is 10.1 Å². The van der Waals surface area contributed by atoms with Crippen molar-refractivity contribution >= 4 is 17.6 Å². The zero-order valence-corrected chi connectivity index (χ0v) is 11.2. The summed E-state index contributed by atoms with van der Waals surface area (Å²) in [6, 6.07) is 4.17. The molecule has 102 valence electrons. The molecule has 0 atom stereocenters. The largest absolute Gasteiger partial charge is 0.506 e. The summed E-state index contributed by atoms with van der Waals surface area (Å²) < 4.78 is 5.05. The van der Waals surface area contributed by atoms with Crippen molar-refractivity contribution < 1.29 is 19.4 Å². The molecule has 0 aliphatic rings. The van der Waals surface area contributed by atoms with Gasteiger partial charge < -0.3 is 9.84 Å². The van der Waals surface area contributed by atoms with Crippen LogP contribution in [0.5, 0.6) is 5.75 Å². The lowest BCUT2D eigenvalue weighted by molar-refractivity contribution is 0.0635. The molecule has 2 N–H and O–H groups in total. The molecule has 5 heteroatoms. The first-order valence-electron chi connectivity index (χ1n) is 5.73. The van der Waals surface area contributed by atoms with Crippen LogP contribution in [0.1, 0.15) is 31.1 Å². The Bertz CT molecular complexity index is 515. The van der Waals surface area contributed by atoms with Crippen molar-refractivity contribution in [2.24, 2.45) is 0 Å². The molecule has 1 aromatic carbocycles. The first kappa shape index (κ1) is 14.8. The van der Waals surface area contributed by atoms with E-state index in [2.05, 4.69) is 11.9 Å². The molecule has 0 bridgehead atoms. The number of carbonyl (C=O) groups excluding carboxylic acids is 2. The molecule has 0 aliphatic carbocycles. The Balaban J connectivity index is 2.83. The fraction of sp³-hybridized carbons (Fsp3) is 0.286. The lowest BCUT2D eigenvalue weighted by Gasteiger charge is -2.20. The molecular formula is C14H17NO4. The van der Waals surface area contributed by atoms with Crippen molar-refractivity contribution in [3.63, 3.8) is 0 Å². The van der Waals surface area contributed by atoms with Gasteiger partial charge in [-0.05, 0) is 45.0 Å². The van der Waals surface area contributed by atoms with E-state index in [1.807, 2.05) is 0 Å². The molecule has 0 aliphatic heterocycles. The summed E-state index contributed by atoms with van der Waals surface area (Å²) in [4.78, 5) is 22.9. The third kappa shape index (κ3) is 4.46. The van der Waals surface area contributed by atoms with Gasteiger partial charge in [0.05, 0.1) is 5.69 Å². The van der Waals surface area contributed by atoms with Gasteiger partial charge in [0.2, 0.25) is 0 Å². The summed E-state index contributed by atoms with van der Waals surface area (Å²) in [5, 5.41) is 12.1. The minimum Gasteiger partial charge on any atom is -0.506 e. The van der Waals surface area contributed by atoms with Crippen LogP contribution in [0.25, 0.3) is 0 Å². The number of allylic oxidation sites excluding steroid dienone is 1. The maximum Gasteiger partial charge on any atom is 0.412 e. The van der Waals surface area contributed by atoms with Crippen molar-refractivity contribution in [2.75, 3.05) is 5.32 Å². The molecule has 0 unspecified atom stereocenters. The first-order valence-corrected chi connectivity index (χ1v) is 5.73. The number of phenols is 1. The number of aromatic hydroxyl groups is 1. The smallest absolute Gasteiger partial charge is 0.412 e. The van der Waals surface area contributed by atoms with Crippen LogP contribution in [0, 0.1) is 0 Å². The number of ether oxygens (including phenoxy) is 1. The fourth-order valence-corrected chi connectivity index (χ4v) is 1.32. The van der Waals surface area contributed by atoms with E-state index >= 15 is 0 Å². The highest BCUT2D eigenvalue weighted by atomic mass is 16.6. The zero-order valence-electron chi connectivity index (χ0n) is 11.2. The second kappa shape index (κ2) is 5.56. The summed E-state index contributed by atoms with van der Waals surface area (Å²) in [5.74, 6) is -0.516. The summed E-state index contributed by atoms with van der Waals surface area (Å²) in [5.41, 5.74) is -0.157. The predicted molar refractivity (Wildman–Crippen MR) is 72.5 cm³/mol. The van der Waals surface area contributed by atoms with Crippen molar-refractivity contribution in [1.29, 1.82) is 0 Å². The quantitative estimate of drug-likeness (QED) is 0.499. The molecular weight excluding hydrogens is 246 g/mol. The topological polar surface area (TPSA) is 75.6 Å². The van der Waals surface area contributed by atoms with E-state index < -0.39 is 11.7 Å². The number of benzene rings is 1. The Morgan fingerprint density at radius 1 is 1.37 bits per heavy atom. The van der Waals surface area contributed by atoms with E-state index in [9.17, 15) is 14.7 Å². The van der Waals surface area contributed by atoms with Crippen molar-refractivity contribution in [3.05, 3.63) is 36.4 Å². The number of nitrogens with one attached hydrogen (secondary N) is 1. The maximum absolute atomic E-state index is 11.5. The van der Waals surface area contributed by atoms with Gasteiger partial charge in [0.1, 0.15) is 11.4 Å². The number of ketones is 1. The number of anilines is 1. The molecule has 19 heavy (non-hydrogen) atoms. The van der Waals surface area contributed by atoms with Gasteiger partial charge in [-0.2, -0.15) is 0 Å². The van der Waals surface area contributed by atoms with Gasteiger partial charge in [0.15, 0.2) is 5.78 Å². The molecule has 0 saturated carbocycles. The Hall–Kier alpha value is -2.30. The Morgan fingerprint density at radius 3 is 2.47 bits per heavy atom. The lowest BCUT2D eigenvalue weighted by Crippen LogP contribution is -2.27. The van der Waals surface area contributed by atoms with Gasteiger partial charge in [-0.1, -0.05) is 6.58 Å². The van der Waals surface area contributed by atoms with Crippen molar-refractivity contribution in [2.45, 2.75) is 26.4 Å². The molecule has 1 aromatic rings. The molecule has 5 nitrogen and oxygen atoms in total. The van der Waals surface area contributed by atoms with Crippen molar-refractivity contribution in [3.8, 4) is 5.75 Å². The second-order valence-electron chi connectivity index (χ2n) is 4.93. The SMILES string of the molecule is C=CC(=O)c1ccc(NC(=O)OC(C)(C)C)c(O)c1. The number of carbonyl (C=O) groups is 2. The van der Waals surface area contributed by atoms with E-state index in [1.165, 1.54) is 18.2 Å². The van der Waals surface area contributed by atoms with Crippen LogP contribution < -0.4 is 5.32 Å². The number of rotatable bonds is 3. The van der Waals surface area contributed by atoms with Crippen LogP contribution in [-0.4, -0.2) is 22.6 Å². The van der Waals surface area contributed by atoms with Crippen LogP contribution >= 0.6 is 0 Å². The number of hydrogen-bond acceptors (Lipinski definition) is 4. The standard InChI is InChI=1S/C14H17NO4/c1-5-11(16)9-6-7-10(12(17)8-9)15-13(18)19-14(2,3)4/h5-8,17H,1H2,2-4H3,(H,15,18). The minimum absolute atomic E-state index is 0.176. The zero-order chi connectivity index (χ0) is 14.6. The van der Waals surface area contributed by atoms with Crippen molar-refractivity contribution in [1.82, 2.24) is 0 Å². The van der Waals surface area contributed by atoms with Crippen LogP contribution in [0.3, 0.4) is 0 Å². The third-order valence-corrected chi connectivity index (χ3v) is 2.10. The van der Waals surface area contributed by atoms with E-state index in [1.54, 1.807) is 20.8 Å². The molecule has 0 saturated heterocycles. The first-order chi connectivity index (χ1) is 8.73. The summed E-state index contributed by atoms with van der Waals surface area (Å²) in [7, 11) is 0. The predicted octanol–water partition coefficient (Wildman–Crippen LogP) is 3.11. The van der Waals surface area contributed by atoms with E-state index in [-0.39, 0.29) is 17.2 Å². The molecule has 1 amide bonds. The monoisotopic (exact) mass is 263 g/mol. The Labute approximate surface area is 111 Å². The average molecular weight is 263 g/mol. The normalized spacial score (nSPS) is 10.7. The highest BCUT2D eigenvalue weighted by Crippen LogP contribution is 2.25. The molecule has 1 rings (SSSR count). The van der Waals surface area contributed by atoms with Gasteiger partial charge in [-0.15, -0.1) is 0 Å². The third-order valence-electron chi connectivity index (χ3n) is 2.10. The van der Waals surface area contributed by atoms with Gasteiger partial charge >= 0.3 is 6.09 Å². The summed E-state index contributed by atoms with van der Waals surface area (Å²) >= 11 is 0. The van der Waals surface area contributed by atoms with E-state index in [0.717, 1.165) is 6.08 Å². The Kier molecular flexibility index (Phi) is 4.32. The average Bonchev–Trinajstić information content (AvgIpc) is 2.28. The van der Waals surface area contributed by atoms with E-state index in [0.29, 0.717) is 5.56 Å². The summed E-state index contributed by atoms with van der Waals surface area (Å²) in [6.45, 7) is 8.56. The molecule has 0 radical (unpaired) electrons. The maximum atomic E-state index is 11.5. The van der Waals surface area contributed by atoms with E-state index in [4.69, 9.17) is 4.74 Å². The van der Waals surface area contributed by atoms with Crippen LogP contribution in [0.15, 0.2) is 30.9 Å². The number of amides is 1. The fourth-order valence-electron chi connectivity index (χ4n) is 1.32. The Morgan fingerprint density at radius 2 is 2.00 bits per heavy atom. The highest BCUT2D eigenvalue weighted by Gasteiger charge is 2.17. The van der Waals surface area contributed by atoms with Crippen LogP contribution in [-0.2, 0) is 4.74 Å². The number of hydrogen-bond donors (Lipinski definition) is 2. The van der Waals surface area contributed by atoms with Gasteiger partial charge in [0, 0.05) is 5.56 Å². The molecule has 0 aromatic heterocycles. The molecule has 0 spiro atoms. The summed E-state index contributed by atoms with van der Waals surface area (Å²) in [6.07, 6.45) is 0.473. The van der Waals surface area contributed by atoms with Crippen LogP contribution in [0.4, 0.5) is 10.5 Å². The highest BCUT2D eigenvalue weighted by molar-refractivity contribution is 6.05. The van der Waals surface area contributed by atoms with Crippen LogP contribution in [0.2, 0.25) is 0 Å². The lowest BCUT2D eigenvalue weighted by atomic mass is 10.1.